The number of fused-ring (bicyclic) bond motifs is 1. The van der Waals surface area contributed by atoms with Gasteiger partial charge in [-0.2, -0.15) is 0 Å². The average Bonchev–Trinajstić information content (AvgIpc) is 3.42. The van der Waals surface area contributed by atoms with Gasteiger partial charge in [0, 0.05) is 23.6 Å². The topological polar surface area (TPSA) is 109 Å². The Morgan fingerprint density at radius 2 is 2.17 bits per heavy atom. The number of thioether (sulfide) groups is 1. The van der Waals surface area contributed by atoms with Crippen molar-refractivity contribution in [1.29, 1.82) is 0 Å². The van der Waals surface area contributed by atoms with Crippen LogP contribution in [-0.2, 0) is 14.8 Å². The van der Waals surface area contributed by atoms with Crippen molar-refractivity contribution >= 4 is 60.7 Å². The first-order valence-corrected chi connectivity index (χ1v) is 12.3. The van der Waals surface area contributed by atoms with Crippen LogP contribution in [0.3, 0.4) is 0 Å². The fraction of sp³-hybridized carbons (Fsp3) is 0.263. The highest BCUT2D eigenvalue weighted by molar-refractivity contribution is 8.15. The van der Waals surface area contributed by atoms with Gasteiger partial charge in [0.2, 0.25) is 5.91 Å². The van der Waals surface area contributed by atoms with Gasteiger partial charge in [0.25, 0.3) is 10.0 Å². The Balaban J connectivity index is 1.71. The van der Waals surface area contributed by atoms with E-state index < -0.39 is 10.0 Å². The second-order valence-corrected chi connectivity index (χ2v) is 10.9. The minimum Gasteiger partial charge on any atom is -0.370 e. The quantitative estimate of drug-likeness (QED) is 0.578. The number of nitrogens with two attached hydrogens (primary N) is 1. The molecule has 0 saturated carbocycles. The first-order chi connectivity index (χ1) is 13.9. The molecule has 1 aliphatic rings. The SMILES string of the molecule is CCN(c1cccc2cc(C3=NCC(CC(N)=O)S3)[nH]c12)S(=O)(=O)c1cccs1. The molecule has 152 valence electrons. The summed E-state index contributed by atoms with van der Waals surface area (Å²) in [5.41, 5.74) is 7.45. The lowest BCUT2D eigenvalue weighted by Gasteiger charge is -2.22. The normalized spacial score (nSPS) is 16.9. The number of carbonyl (C=O) groups is 1. The number of primary amides is 1. The summed E-state index contributed by atoms with van der Waals surface area (Å²) in [6.45, 7) is 2.67. The molecule has 1 aromatic carbocycles. The van der Waals surface area contributed by atoms with E-state index in [2.05, 4.69) is 9.98 Å². The highest BCUT2D eigenvalue weighted by atomic mass is 32.2. The van der Waals surface area contributed by atoms with Gasteiger partial charge in [0.15, 0.2) is 0 Å². The Labute approximate surface area is 177 Å². The second-order valence-electron chi connectivity index (χ2n) is 6.58. The summed E-state index contributed by atoms with van der Waals surface area (Å²) in [5.74, 6) is -0.338. The highest BCUT2D eigenvalue weighted by Crippen LogP contribution is 2.34. The van der Waals surface area contributed by atoms with Crippen molar-refractivity contribution in [3.05, 3.63) is 47.5 Å². The van der Waals surface area contributed by atoms with Crippen LogP contribution in [0, 0.1) is 0 Å². The third kappa shape index (κ3) is 3.79. The molecule has 0 radical (unpaired) electrons. The Bertz CT molecular complexity index is 1180. The van der Waals surface area contributed by atoms with E-state index in [4.69, 9.17) is 5.73 Å². The molecule has 4 rings (SSSR count). The number of thiophene rings is 1. The van der Waals surface area contributed by atoms with Crippen LogP contribution < -0.4 is 10.0 Å². The molecule has 1 aliphatic heterocycles. The molecule has 3 heterocycles. The first-order valence-electron chi connectivity index (χ1n) is 9.08. The van der Waals surface area contributed by atoms with Gasteiger partial charge < -0.3 is 10.7 Å². The van der Waals surface area contributed by atoms with E-state index in [1.54, 1.807) is 23.6 Å². The third-order valence-electron chi connectivity index (χ3n) is 4.61. The maximum Gasteiger partial charge on any atom is 0.273 e. The van der Waals surface area contributed by atoms with Crippen LogP contribution in [0.1, 0.15) is 19.0 Å². The maximum atomic E-state index is 13.1. The predicted molar refractivity (Wildman–Crippen MR) is 119 cm³/mol. The molecule has 0 fully saturated rings. The number of rotatable bonds is 7. The minimum absolute atomic E-state index is 0.0414. The zero-order chi connectivity index (χ0) is 20.6. The molecule has 1 unspecified atom stereocenters. The summed E-state index contributed by atoms with van der Waals surface area (Å²) >= 11 is 2.72. The van der Waals surface area contributed by atoms with Crippen LogP contribution in [-0.4, -0.2) is 42.7 Å². The third-order valence-corrected chi connectivity index (χ3v) is 9.09. The van der Waals surface area contributed by atoms with Crippen molar-refractivity contribution in [2.45, 2.75) is 22.8 Å². The van der Waals surface area contributed by atoms with E-state index in [1.165, 1.54) is 27.4 Å². The van der Waals surface area contributed by atoms with Crippen molar-refractivity contribution in [2.24, 2.45) is 10.7 Å². The molecule has 1 amide bonds. The predicted octanol–water partition coefficient (Wildman–Crippen LogP) is 3.18. The number of nitrogens with zero attached hydrogens (tertiary/aromatic N) is 2. The lowest BCUT2D eigenvalue weighted by Crippen LogP contribution is -2.30. The molecular formula is C19H20N4O3S3. The van der Waals surface area contributed by atoms with Gasteiger partial charge >= 0.3 is 0 Å². The number of anilines is 1. The fourth-order valence-electron chi connectivity index (χ4n) is 3.35. The second kappa shape index (κ2) is 7.85. The maximum absolute atomic E-state index is 13.1. The molecule has 0 bridgehead atoms. The monoisotopic (exact) mass is 448 g/mol. The molecule has 2 aromatic heterocycles. The summed E-state index contributed by atoms with van der Waals surface area (Å²) in [6.07, 6.45) is 0.284. The number of aromatic amines is 1. The zero-order valence-corrected chi connectivity index (χ0v) is 18.1. The largest absolute Gasteiger partial charge is 0.370 e. The number of sulfonamides is 1. The van der Waals surface area contributed by atoms with Gasteiger partial charge in [0.1, 0.15) is 9.25 Å². The number of benzene rings is 1. The number of amides is 1. The Morgan fingerprint density at radius 1 is 1.34 bits per heavy atom. The van der Waals surface area contributed by atoms with Crippen molar-refractivity contribution in [1.82, 2.24) is 4.98 Å². The lowest BCUT2D eigenvalue weighted by molar-refractivity contribution is -0.117. The summed E-state index contributed by atoms with van der Waals surface area (Å²) in [4.78, 5) is 19.0. The Hall–Kier alpha value is -2.30. The molecule has 3 aromatic rings. The smallest absolute Gasteiger partial charge is 0.273 e. The number of carbonyl (C=O) groups excluding carboxylic acids is 1. The minimum atomic E-state index is -3.64. The van der Waals surface area contributed by atoms with Gasteiger partial charge in [0.05, 0.1) is 23.4 Å². The van der Waals surface area contributed by atoms with Crippen LogP contribution in [0.2, 0.25) is 0 Å². The summed E-state index contributed by atoms with van der Waals surface area (Å²) in [7, 11) is -3.64. The van der Waals surface area contributed by atoms with E-state index in [0.717, 1.165) is 21.6 Å². The number of hydrogen-bond acceptors (Lipinski definition) is 6. The van der Waals surface area contributed by atoms with Gasteiger partial charge in [-0.3, -0.25) is 14.1 Å². The number of nitrogens with one attached hydrogen (secondary N) is 1. The molecule has 1 atom stereocenters. The molecule has 3 N–H and O–H groups in total. The van der Waals surface area contributed by atoms with E-state index in [0.29, 0.717) is 23.0 Å². The van der Waals surface area contributed by atoms with Gasteiger partial charge in [-0.25, -0.2) is 8.42 Å². The van der Waals surface area contributed by atoms with Crippen LogP contribution in [0.5, 0.6) is 0 Å². The number of para-hydroxylation sites is 1. The van der Waals surface area contributed by atoms with Crippen LogP contribution >= 0.6 is 23.1 Å². The van der Waals surface area contributed by atoms with Crippen LogP contribution in [0.25, 0.3) is 10.9 Å². The standard InChI is InChI=1S/C19H20N4O3S3/c1-2-23(29(25,26)17-7-4-8-27-17)15-6-3-5-12-9-14(22-18(12)15)19-21-11-13(28-19)10-16(20)24/h3-9,13,22H,2,10-11H2,1H3,(H2,20,24). The molecule has 0 spiro atoms. The summed E-state index contributed by atoms with van der Waals surface area (Å²) in [5, 5.41) is 3.51. The Morgan fingerprint density at radius 3 is 2.86 bits per heavy atom. The van der Waals surface area contributed by atoms with E-state index in [1.807, 2.05) is 25.1 Å². The molecular weight excluding hydrogens is 428 g/mol. The lowest BCUT2D eigenvalue weighted by atomic mass is 10.2. The number of hydrogen-bond donors (Lipinski definition) is 2. The van der Waals surface area contributed by atoms with E-state index in [-0.39, 0.29) is 17.6 Å². The number of H-pyrrole nitrogens is 1. The molecule has 7 nitrogen and oxygen atoms in total. The van der Waals surface area contributed by atoms with E-state index in [9.17, 15) is 13.2 Å². The van der Waals surface area contributed by atoms with Crippen molar-refractivity contribution in [2.75, 3.05) is 17.4 Å². The fourth-order valence-corrected chi connectivity index (χ4v) is 7.04. The molecule has 10 heteroatoms. The van der Waals surface area contributed by atoms with Crippen molar-refractivity contribution < 1.29 is 13.2 Å². The first kappa shape index (κ1) is 20.0. The zero-order valence-electron chi connectivity index (χ0n) is 15.7. The van der Waals surface area contributed by atoms with Gasteiger partial charge in [-0.15, -0.1) is 11.3 Å². The average molecular weight is 449 g/mol. The van der Waals surface area contributed by atoms with Gasteiger partial charge in [-0.1, -0.05) is 30.0 Å². The van der Waals surface area contributed by atoms with Crippen LogP contribution in [0.4, 0.5) is 5.69 Å². The van der Waals surface area contributed by atoms with E-state index >= 15 is 0 Å². The summed E-state index contributed by atoms with van der Waals surface area (Å²) in [6, 6.07) is 10.9. The van der Waals surface area contributed by atoms with Crippen LogP contribution in [0.15, 0.2) is 51.0 Å². The van der Waals surface area contributed by atoms with Crippen molar-refractivity contribution in [3.63, 3.8) is 0 Å². The molecule has 0 saturated heterocycles. The summed E-state index contributed by atoms with van der Waals surface area (Å²) < 4.78 is 28.0. The number of aliphatic imine (C=N–C) groups is 1. The Kier molecular flexibility index (Phi) is 5.41. The van der Waals surface area contributed by atoms with Gasteiger partial charge in [-0.05, 0) is 30.5 Å². The highest BCUT2D eigenvalue weighted by Gasteiger charge is 2.28. The number of aromatic nitrogens is 1. The molecule has 0 aliphatic carbocycles. The molecule has 29 heavy (non-hydrogen) atoms. The van der Waals surface area contributed by atoms with Crippen molar-refractivity contribution in [3.8, 4) is 0 Å².